The van der Waals surface area contributed by atoms with Crippen LogP contribution in [0.2, 0.25) is 0 Å². The summed E-state index contributed by atoms with van der Waals surface area (Å²) in [7, 11) is 0. The van der Waals surface area contributed by atoms with Crippen LogP contribution in [-0.4, -0.2) is 11.8 Å². The maximum atomic E-state index is 12.0. The lowest BCUT2D eigenvalue weighted by molar-refractivity contribution is -0.115. The molecule has 2 amide bonds. The van der Waals surface area contributed by atoms with Gasteiger partial charge in [-0.15, -0.1) is 0 Å². The fourth-order valence-electron chi connectivity index (χ4n) is 2.02. The summed E-state index contributed by atoms with van der Waals surface area (Å²) in [5.74, 6) is -0.576. The van der Waals surface area contributed by atoms with Gasteiger partial charge in [-0.05, 0) is 54.8 Å². The van der Waals surface area contributed by atoms with E-state index >= 15 is 0 Å². The Labute approximate surface area is 124 Å². The third kappa shape index (κ3) is 3.92. The van der Waals surface area contributed by atoms with Crippen LogP contribution in [0.25, 0.3) is 0 Å². The van der Waals surface area contributed by atoms with Gasteiger partial charge in [0.2, 0.25) is 11.8 Å². The number of hydrogen-bond donors (Lipinski definition) is 2. The molecular formula is C17H18N2O2. The molecule has 0 unspecified atom stereocenters. The molecule has 0 heterocycles. The summed E-state index contributed by atoms with van der Waals surface area (Å²) in [6.45, 7) is 4.07. The van der Waals surface area contributed by atoms with Crippen LogP contribution >= 0.6 is 0 Å². The Morgan fingerprint density at radius 1 is 1.00 bits per heavy atom. The fraction of sp³-hybridized carbons (Fsp3) is 0.176. The molecular weight excluding hydrogens is 264 g/mol. The van der Waals surface area contributed by atoms with Gasteiger partial charge in [0.15, 0.2) is 0 Å². The van der Waals surface area contributed by atoms with E-state index in [1.165, 1.54) is 11.1 Å². The number of rotatable bonds is 4. The maximum absolute atomic E-state index is 12.0. The highest BCUT2D eigenvalue weighted by Crippen LogP contribution is 2.13. The molecule has 4 nitrogen and oxygen atoms in total. The van der Waals surface area contributed by atoms with E-state index in [0.717, 1.165) is 5.56 Å². The first kappa shape index (κ1) is 14.8. The van der Waals surface area contributed by atoms with Crippen molar-refractivity contribution in [2.45, 2.75) is 20.3 Å². The molecule has 2 aromatic carbocycles. The number of nitrogens with one attached hydrogen (secondary N) is 1. The summed E-state index contributed by atoms with van der Waals surface area (Å²) < 4.78 is 0. The van der Waals surface area contributed by atoms with Gasteiger partial charge in [-0.1, -0.05) is 18.2 Å². The summed E-state index contributed by atoms with van der Waals surface area (Å²) in [6, 6.07) is 12.5. The molecule has 0 aromatic heterocycles. The zero-order chi connectivity index (χ0) is 15.4. The number of hydrogen-bond acceptors (Lipinski definition) is 2. The first-order valence-corrected chi connectivity index (χ1v) is 6.71. The minimum absolute atomic E-state index is 0.0925. The standard InChI is InChI=1S/C17H18N2O2/c1-11-3-4-13(9-12(11)2)10-16(20)19-15-7-5-14(6-8-15)17(18)21/h3-9H,10H2,1-2H3,(H2,18,21)(H,19,20). The van der Waals surface area contributed by atoms with Gasteiger partial charge in [-0.2, -0.15) is 0 Å². The molecule has 0 atom stereocenters. The molecule has 0 saturated heterocycles. The second-order valence-corrected chi connectivity index (χ2v) is 5.09. The number of carbonyl (C=O) groups is 2. The topological polar surface area (TPSA) is 72.2 Å². The Balaban J connectivity index is 2.01. The number of carbonyl (C=O) groups excluding carboxylic acids is 2. The number of primary amides is 1. The average molecular weight is 282 g/mol. The van der Waals surface area contributed by atoms with Crippen molar-refractivity contribution in [1.29, 1.82) is 0 Å². The van der Waals surface area contributed by atoms with Crippen LogP contribution in [0.4, 0.5) is 5.69 Å². The zero-order valence-corrected chi connectivity index (χ0v) is 12.1. The molecule has 2 rings (SSSR count). The van der Waals surface area contributed by atoms with Crippen molar-refractivity contribution in [3.8, 4) is 0 Å². The van der Waals surface area contributed by atoms with E-state index in [-0.39, 0.29) is 5.91 Å². The van der Waals surface area contributed by atoms with Gasteiger partial charge >= 0.3 is 0 Å². The fourth-order valence-corrected chi connectivity index (χ4v) is 2.02. The summed E-state index contributed by atoms with van der Waals surface area (Å²) >= 11 is 0. The van der Waals surface area contributed by atoms with Crippen LogP contribution in [0.1, 0.15) is 27.0 Å². The average Bonchev–Trinajstić information content (AvgIpc) is 2.43. The van der Waals surface area contributed by atoms with E-state index in [1.807, 2.05) is 32.0 Å². The summed E-state index contributed by atoms with van der Waals surface area (Å²) in [5.41, 5.74) is 9.59. The minimum Gasteiger partial charge on any atom is -0.366 e. The van der Waals surface area contributed by atoms with E-state index in [9.17, 15) is 9.59 Å². The van der Waals surface area contributed by atoms with E-state index < -0.39 is 5.91 Å². The zero-order valence-electron chi connectivity index (χ0n) is 12.1. The van der Waals surface area contributed by atoms with Gasteiger partial charge in [0.05, 0.1) is 6.42 Å². The molecule has 4 heteroatoms. The van der Waals surface area contributed by atoms with E-state index in [4.69, 9.17) is 5.73 Å². The Bertz CT molecular complexity index is 676. The maximum Gasteiger partial charge on any atom is 0.248 e. The van der Waals surface area contributed by atoms with Crippen LogP contribution in [0.15, 0.2) is 42.5 Å². The summed E-state index contributed by atoms with van der Waals surface area (Å²) in [5, 5.41) is 2.80. The van der Waals surface area contributed by atoms with Crippen molar-refractivity contribution in [1.82, 2.24) is 0 Å². The molecule has 0 fully saturated rings. The van der Waals surface area contributed by atoms with E-state index in [2.05, 4.69) is 5.32 Å². The first-order chi connectivity index (χ1) is 9.95. The molecule has 3 N–H and O–H groups in total. The van der Waals surface area contributed by atoms with Crippen molar-refractivity contribution in [2.24, 2.45) is 5.73 Å². The van der Waals surface area contributed by atoms with Gasteiger partial charge in [0.1, 0.15) is 0 Å². The number of nitrogens with two attached hydrogens (primary N) is 1. The van der Waals surface area contributed by atoms with Gasteiger partial charge in [0.25, 0.3) is 0 Å². The third-order valence-electron chi connectivity index (χ3n) is 3.39. The monoisotopic (exact) mass is 282 g/mol. The third-order valence-corrected chi connectivity index (χ3v) is 3.39. The Hall–Kier alpha value is -2.62. The second-order valence-electron chi connectivity index (χ2n) is 5.09. The van der Waals surface area contributed by atoms with E-state index in [1.54, 1.807) is 24.3 Å². The predicted octanol–water partition coefficient (Wildman–Crippen LogP) is 2.58. The molecule has 0 saturated carbocycles. The SMILES string of the molecule is Cc1ccc(CC(=O)Nc2ccc(C(N)=O)cc2)cc1C. The molecule has 21 heavy (non-hydrogen) atoms. The molecule has 0 aliphatic heterocycles. The van der Waals surface area contributed by atoms with Crippen LogP contribution < -0.4 is 11.1 Å². The van der Waals surface area contributed by atoms with Crippen LogP contribution in [0.3, 0.4) is 0 Å². The van der Waals surface area contributed by atoms with E-state index in [0.29, 0.717) is 17.7 Å². The Morgan fingerprint density at radius 3 is 2.24 bits per heavy atom. The lowest BCUT2D eigenvalue weighted by atomic mass is 10.0. The highest BCUT2D eigenvalue weighted by molar-refractivity contribution is 5.95. The van der Waals surface area contributed by atoms with Crippen molar-refractivity contribution in [3.05, 3.63) is 64.7 Å². The highest BCUT2D eigenvalue weighted by Gasteiger charge is 2.06. The molecule has 2 aromatic rings. The summed E-state index contributed by atoms with van der Waals surface area (Å²) in [4.78, 5) is 23.0. The van der Waals surface area contributed by atoms with Crippen molar-refractivity contribution >= 4 is 17.5 Å². The Kier molecular flexibility index (Phi) is 4.38. The molecule has 0 bridgehead atoms. The van der Waals surface area contributed by atoms with Crippen LogP contribution in [-0.2, 0) is 11.2 Å². The molecule has 108 valence electrons. The lowest BCUT2D eigenvalue weighted by Gasteiger charge is -2.07. The predicted molar refractivity (Wildman–Crippen MR) is 83.2 cm³/mol. The minimum atomic E-state index is -0.483. The molecule has 0 aliphatic carbocycles. The van der Waals surface area contributed by atoms with Gasteiger partial charge in [0, 0.05) is 11.3 Å². The first-order valence-electron chi connectivity index (χ1n) is 6.71. The Morgan fingerprint density at radius 2 is 1.67 bits per heavy atom. The largest absolute Gasteiger partial charge is 0.366 e. The van der Waals surface area contributed by atoms with Gasteiger partial charge in [-0.3, -0.25) is 9.59 Å². The van der Waals surface area contributed by atoms with Crippen molar-refractivity contribution in [3.63, 3.8) is 0 Å². The van der Waals surface area contributed by atoms with Crippen LogP contribution in [0, 0.1) is 13.8 Å². The number of anilines is 1. The summed E-state index contributed by atoms with van der Waals surface area (Å²) in [6.07, 6.45) is 0.318. The van der Waals surface area contributed by atoms with Crippen LogP contribution in [0.5, 0.6) is 0 Å². The number of benzene rings is 2. The van der Waals surface area contributed by atoms with Gasteiger partial charge < -0.3 is 11.1 Å². The molecule has 0 spiro atoms. The number of aryl methyl sites for hydroxylation is 2. The van der Waals surface area contributed by atoms with Crippen molar-refractivity contribution < 1.29 is 9.59 Å². The normalized spacial score (nSPS) is 10.2. The van der Waals surface area contributed by atoms with Crippen molar-refractivity contribution in [2.75, 3.05) is 5.32 Å². The second kappa shape index (κ2) is 6.22. The molecule has 0 radical (unpaired) electrons. The number of amides is 2. The highest BCUT2D eigenvalue weighted by atomic mass is 16.1. The molecule has 0 aliphatic rings. The van der Waals surface area contributed by atoms with Gasteiger partial charge in [-0.25, -0.2) is 0 Å². The smallest absolute Gasteiger partial charge is 0.248 e. The lowest BCUT2D eigenvalue weighted by Crippen LogP contribution is -2.15. The quantitative estimate of drug-likeness (QED) is 0.904.